The average Bonchev–Trinajstić information content (AvgIpc) is 2.74. The van der Waals surface area contributed by atoms with Gasteiger partial charge in [-0.2, -0.15) is 0 Å². The Balaban J connectivity index is 1.38. The summed E-state index contributed by atoms with van der Waals surface area (Å²) in [6, 6.07) is 31.1. The largest absolute Gasteiger partial charge is 0.457 e. The maximum absolute atomic E-state index is 12.2. The average molecular weight is 365 g/mol. The smallest absolute Gasteiger partial charge is 0.248 e. The van der Waals surface area contributed by atoms with Crippen molar-refractivity contribution in [2.75, 3.05) is 5.32 Å². The van der Waals surface area contributed by atoms with E-state index in [2.05, 4.69) is 29.6 Å². The van der Waals surface area contributed by atoms with Crippen molar-refractivity contribution in [2.24, 2.45) is 0 Å². The van der Waals surface area contributed by atoms with Gasteiger partial charge in [-0.3, -0.25) is 4.79 Å². The highest BCUT2D eigenvalue weighted by Gasteiger charge is 2.01. The van der Waals surface area contributed by atoms with Crippen LogP contribution >= 0.6 is 0 Å². The summed E-state index contributed by atoms with van der Waals surface area (Å²) in [4.78, 5) is 12.2. The molecule has 1 N–H and O–H groups in total. The second kappa shape index (κ2) is 8.23. The van der Waals surface area contributed by atoms with Crippen LogP contribution in [0.3, 0.4) is 0 Å². The third kappa shape index (κ3) is 4.46. The Morgan fingerprint density at radius 3 is 2.18 bits per heavy atom. The summed E-state index contributed by atoms with van der Waals surface area (Å²) in [7, 11) is 0. The van der Waals surface area contributed by atoms with Gasteiger partial charge in [0.05, 0.1) is 0 Å². The number of carbonyl (C=O) groups excluding carboxylic acids is 1. The van der Waals surface area contributed by atoms with Crippen molar-refractivity contribution in [2.45, 2.75) is 0 Å². The van der Waals surface area contributed by atoms with Crippen LogP contribution < -0.4 is 10.1 Å². The Kier molecular flexibility index (Phi) is 5.16. The molecule has 0 unspecified atom stereocenters. The van der Waals surface area contributed by atoms with E-state index in [-0.39, 0.29) is 5.91 Å². The zero-order valence-electron chi connectivity index (χ0n) is 15.2. The summed E-state index contributed by atoms with van der Waals surface area (Å²) >= 11 is 0. The highest BCUT2D eigenvalue weighted by molar-refractivity contribution is 6.02. The maximum Gasteiger partial charge on any atom is 0.248 e. The lowest BCUT2D eigenvalue weighted by atomic mass is 10.1. The highest BCUT2D eigenvalue weighted by atomic mass is 16.5. The van der Waals surface area contributed by atoms with Crippen LogP contribution in [-0.4, -0.2) is 5.91 Å². The van der Waals surface area contributed by atoms with E-state index >= 15 is 0 Å². The summed E-state index contributed by atoms with van der Waals surface area (Å²) in [6.07, 6.45) is 3.35. The molecule has 4 rings (SSSR count). The Bertz CT molecular complexity index is 1120. The fourth-order valence-electron chi connectivity index (χ4n) is 2.90. The van der Waals surface area contributed by atoms with E-state index in [1.807, 2.05) is 78.9 Å². The van der Waals surface area contributed by atoms with Crippen LogP contribution in [0.15, 0.2) is 103 Å². The van der Waals surface area contributed by atoms with Crippen LogP contribution in [0.4, 0.5) is 5.69 Å². The van der Waals surface area contributed by atoms with E-state index in [1.165, 1.54) is 5.39 Å². The number of amides is 1. The topological polar surface area (TPSA) is 38.3 Å². The first-order valence-corrected chi connectivity index (χ1v) is 9.07. The Morgan fingerprint density at radius 1 is 0.714 bits per heavy atom. The van der Waals surface area contributed by atoms with Gasteiger partial charge in [0.25, 0.3) is 0 Å². The second-order valence-corrected chi connectivity index (χ2v) is 6.37. The van der Waals surface area contributed by atoms with Gasteiger partial charge in [0, 0.05) is 11.8 Å². The van der Waals surface area contributed by atoms with Crippen LogP contribution in [-0.2, 0) is 4.79 Å². The normalized spacial score (nSPS) is 10.9. The fourth-order valence-corrected chi connectivity index (χ4v) is 2.90. The van der Waals surface area contributed by atoms with Crippen molar-refractivity contribution >= 4 is 28.4 Å². The summed E-state index contributed by atoms with van der Waals surface area (Å²) in [6.45, 7) is 0. The lowest BCUT2D eigenvalue weighted by Crippen LogP contribution is -2.07. The monoisotopic (exact) mass is 365 g/mol. The van der Waals surface area contributed by atoms with Crippen molar-refractivity contribution < 1.29 is 9.53 Å². The number of hydrogen-bond acceptors (Lipinski definition) is 2. The van der Waals surface area contributed by atoms with Crippen molar-refractivity contribution in [1.82, 2.24) is 0 Å². The molecule has 0 aliphatic heterocycles. The molecule has 0 bridgehead atoms. The lowest BCUT2D eigenvalue weighted by Gasteiger charge is -2.07. The highest BCUT2D eigenvalue weighted by Crippen LogP contribution is 2.22. The molecule has 3 nitrogen and oxygen atoms in total. The first-order chi connectivity index (χ1) is 13.8. The Morgan fingerprint density at radius 2 is 1.39 bits per heavy atom. The molecule has 4 aromatic rings. The van der Waals surface area contributed by atoms with E-state index < -0.39 is 0 Å². The molecule has 4 aromatic carbocycles. The van der Waals surface area contributed by atoms with Crippen LogP contribution in [0.1, 0.15) is 5.56 Å². The summed E-state index contributed by atoms with van der Waals surface area (Å²) < 4.78 is 5.75. The second-order valence-electron chi connectivity index (χ2n) is 6.37. The fraction of sp³-hybridized carbons (Fsp3) is 0. The lowest BCUT2D eigenvalue weighted by molar-refractivity contribution is -0.111. The molecule has 0 saturated heterocycles. The molecule has 0 aliphatic carbocycles. The van der Waals surface area contributed by atoms with E-state index in [0.717, 1.165) is 22.4 Å². The molecule has 0 spiro atoms. The first kappa shape index (κ1) is 17.6. The molecular formula is C25H19NO2. The molecule has 1 amide bonds. The van der Waals surface area contributed by atoms with E-state index in [0.29, 0.717) is 5.69 Å². The van der Waals surface area contributed by atoms with Gasteiger partial charge in [0.1, 0.15) is 11.5 Å². The number of carbonyl (C=O) groups is 1. The van der Waals surface area contributed by atoms with E-state index in [9.17, 15) is 4.79 Å². The third-order valence-electron chi connectivity index (χ3n) is 4.30. The predicted octanol–water partition coefficient (Wildman–Crippen LogP) is 6.28. The van der Waals surface area contributed by atoms with Crippen LogP contribution in [0.25, 0.3) is 16.8 Å². The molecule has 0 aliphatic rings. The maximum atomic E-state index is 12.2. The number of hydrogen-bond donors (Lipinski definition) is 1. The van der Waals surface area contributed by atoms with Crippen LogP contribution in [0.2, 0.25) is 0 Å². The number of nitrogens with one attached hydrogen (secondary N) is 1. The van der Waals surface area contributed by atoms with Gasteiger partial charge >= 0.3 is 0 Å². The van der Waals surface area contributed by atoms with Gasteiger partial charge in [-0.25, -0.2) is 0 Å². The number of fused-ring (bicyclic) bond motifs is 1. The van der Waals surface area contributed by atoms with Crippen molar-refractivity contribution in [3.63, 3.8) is 0 Å². The molecule has 0 aromatic heterocycles. The minimum absolute atomic E-state index is 0.176. The van der Waals surface area contributed by atoms with E-state index in [1.54, 1.807) is 6.08 Å². The van der Waals surface area contributed by atoms with Crippen molar-refractivity contribution in [1.29, 1.82) is 0 Å². The number of para-hydroxylation sites is 1. The molecule has 0 radical (unpaired) electrons. The first-order valence-electron chi connectivity index (χ1n) is 9.07. The van der Waals surface area contributed by atoms with Gasteiger partial charge in [-0.15, -0.1) is 0 Å². The molecule has 0 saturated carbocycles. The molecule has 0 heterocycles. The van der Waals surface area contributed by atoms with Crippen LogP contribution in [0, 0.1) is 0 Å². The van der Waals surface area contributed by atoms with Gasteiger partial charge < -0.3 is 10.1 Å². The van der Waals surface area contributed by atoms with Crippen molar-refractivity contribution in [3.05, 3.63) is 109 Å². The minimum Gasteiger partial charge on any atom is -0.457 e. The van der Waals surface area contributed by atoms with Crippen molar-refractivity contribution in [3.8, 4) is 11.5 Å². The minimum atomic E-state index is -0.176. The third-order valence-corrected chi connectivity index (χ3v) is 4.30. The zero-order valence-corrected chi connectivity index (χ0v) is 15.2. The molecule has 0 fully saturated rings. The summed E-state index contributed by atoms with van der Waals surface area (Å²) in [5.74, 6) is 1.32. The number of anilines is 1. The molecule has 136 valence electrons. The number of benzene rings is 4. The SMILES string of the molecule is O=C(/C=C/c1ccc2ccccc2c1)Nc1ccc(Oc2ccccc2)cc1. The predicted molar refractivity (Wildman–Crippen MR) is 115 cm³/mol. The zero-order chi connectivity index (χ0) is 19.2. The van der Waals surface area contributed by atoms with Gasteiger partial charge in [0.15, 0.2) is 0 Å². The standard InChI is InChI=1S/C25H19NO2/c27-25(17-11-19-10-12-20-6-4-5-7-21(20)18-19)26-22-13-15-24(16-14-22)28-23-8-2-1-3-9-23/h1-18H,(H,26,27)/b17-11+. The molecule has 28 heavy (non-hydrogen) atoms. The Labute approximate surface area is 163 Å². The van der Waals surface area contributed by atoms with Gasteiger partial charge in [0.2, 0.25) is 5.91 Å². The van der Waals surface area contributed by atoms with Crippen LogP contribution in [0.5, 0.6) is 11.5 Å². The molecule has 0 atom stereocenters. The summed E-state index contributed by atoms with van der Waals surface area (Å²) in [5.41, 5.74) is 1.70. The van der Waals surface area contributed by atoms with Gasteiger partial charge in [-0.1, -0.05) is 54.6 Å². The van der Waals surface area contributed by atoms with E-state index in [4.69, 9.17) is 4.74 Å². The van der Waals surface area contributed by atoms with Gasteiger partial charge in [-0.05, 0) is 64.9 Å². The number of rotatable bonds is 5. The quantitative estimate of drug-likeness (QED) is 0.422. The molecule has 3 heteroatoms. The Hall–Kier alpha value is -3.85. The molecular weight excluding hydrogens is 346 g/mol. The number of ether oxygens (including phenoxy) is 1. The summed E-state index contributed by atoms with van der Waals surface area (Å²) in [5, 5.41) is 5.19.